The molecule has 0 N–H and O–H groups in total. The lowest BCUT2D eigenvalue weighted by atomic mass is 10.1. The SMILES string of the molecule is Cn1cnc2ncn(Cc3nn(C[C@H](F)c4ccc(Br)cc4)c(=O)o3)c(=O)c21. The molecule has 0 saturated carbocycles. The van der Waals surface area contributed by atoms with Gasteiger partial charge in [-0.3, -0.25) is 9.36 Å². The van der Waals surface area contributed by atoms with Crippen molar-refractivity contribution in [3.8, 4) is 0 Å². The molecule has 0 aliphatic rings. The summed E-state index contributed by atoms with van der Waals surface area (Å²) in [6.45, 7) is -0.400. The van der Waals surface area contributed by atoms with Crippen molar-refractivity contribution in [1.29, 1.82) is 0 Å². The Kier molecular flexibility index (Phi) is 4.67. The summed E-state index contributed by atoms with van der Waals surface area (Å²) in [5.41, 5.74) is 0.719. The largest absolute Gasteiger partial charge is 0.437 e. The van der Waals surface area contributed by atoms with E-state index in [1.165, 1.54) is 17.2 Å². The molecular weight excluding hydrogens is 435 g/mol. The summed E-state index contributed by atoms with van der Waals surface area (Å²) < 4.78 is 24.1. The Hall–Kier alpha value is -3.08. The van der Waals surface area contributed by atoms with Crippen LogP contribution in [0.25, 0.3) is 11.2 Å². The van der Waals surface area contributed by atoms with Crippen molar-refractivity contribution in [2.24, 2.45) is 7.05 Å². The summed E-state index contributed by atoms with van der Waals surface area (Å²) in [5.74, 6) is -0.809. The third kappa shape index (κ3) is 3.40. The van der Waals surface area contributed by atoms with Crippen molar-refractivity contribution in [3.05, 3.63) is 73.8 Å². The Balaban J connectivity index is 1.57. The van der Waals surface area contributed by atoms with Crippen molar-refractivity contribution < 1.29 is 8.81 Å². The van der Waals surface area contributed by atoms with Crippen LogP contribution in [0.2, 0.25) is 0 Å². The molecule has 144 valence electrons. The van der Waals surface area contributed by atoms with Gasteiger partial charge in [-0.25, -0.2) is 19.2 Å². The first-order valence-electron chi connectivity index (χ1n) is 8.25. The normalized spacial score (nSPS) is 12.5. The summed E-state index contributed by atoms with van der Waals surface area (Å²) in [7, 11) is 1.68. The molecule has 0 radical (unpaired) electrons. The van der Waals surface area contributed by atoms with E-state index >= 15 is 0 Å². The Morgan fingerprint density at radius 3 is 2.64 bits per heavy atom. The minimum atomic E-state index is -1.43. The van der Waals surface area contributed by atoms with E-state index in [2.05, 4.69) is 31.0 Å². The van der Waals surface area contributed by atoms with Crippen LogP contribution in [0.1, 0.15) is 17.6 Å². The second-order valence-electron chi connectivity index (χ2n) is 6.17. The Labute approximate surface area is 165 Å². The second-order valence-corrected chi connectivity index (χ2v) is 7.08. The molecule has 3 aromatic heterocycles. The summed E-state index contributed by atoms with van der Waals surface area (Å²) in [6, 6.07) is 6.67. The van der Waals surface area contributed by atoms with E-state index in [0.717, 1.165) is 9.15 Å². The number of rotatable bonds is 5. The quantitative estimate of drug-likeness (QED) is 0.461. The van der Waals surface area contributed by atoms with E-state index in [-0.39, 0.29) is 24.5 Å². The van der Waals surface area contributed by atoms with Gasteiger partial charge in [0.1, 0.15) is 19.0 Å². The van der Waals surface area contributed by atoms with E-state index < -0.39 is 11.9 Å². The Bertz CT molecular complexity index is 1260. The molecule has 0 aliphatic carbocycles. The lowest BCUT2D eigenvalue weighted by Gasteiger charge is -2.07. The zero-order valence-electron chi connectivity index (χ0n) is 14.6. The number of hydrogen-bond acceptors (Lipinski definition) is 6. The molecule has 0 amide bonds. The molecule has 9 nitrogen and oxygen atoms in total. The van der Waals surface area contributed by atoms with Gasteiger partial charge in [0, 0.05) is 11.5 Å². The molecule has 0 aliphatic heterocycles. The van der Waals surface area contributed by atoms with Crippen molar-refractivity contribution in [2.75, 3.05) is 0 Å². The number of fused-ring (bicyclic) bond motifs is 1. The number of aromatic nitrogens is 6. The third-order valence-corrected chi connectivity index (χ3v) is 4.75. The number of hydrogen-bond donors (Lipinski definition) is 0. The fraction of sp³-hybridized carbons (Fsp3) is 0.235. The van der Waals surface area contributed by atoms with Gasteiger partial charge in [-0.2, -0.15) is 4.68 Å². The second kappa shape index (κ2) is 7.15. The number of nitrogens with zero attached hydrogens (tertiary/aromatic N) is 6. The van der Waals surface area contributed by atoms with Crippen molar-refractivity contribution in [3.63, 3.8) is 0 Å². The van der Waals surface area contributed by atoms with Crippen molar-refractivity contribution in [1.82, 2.24) is 28.9 Å². The highest BCUT2D eigenvalue weighted by Crippen LogP contribution is 2.21. The molecule has 1 aromatic carbocycles. The molecule has 1 atom stereocenters. The first-order valence-corrected chi connectivity index (χ1v) is 9.04. The molecule has 4 rings (SSSR count). The van der Waals surface area contributed by atoms with Crippen LogP contribution in [0, 0.1) is 0 Å². The molecular formula is C17H14BrFN6O3. The lowest BCUT2D eigenvalue weighted by molar-refractivity contribution is 0.283. The molecule has 4 aromatic rings. The van der Waals surface area contributed by atoms with Crippen LogP contribution in [0.4, 0.5) is 4.39 Å². The molecule has 0 bridgehead atoms. The first kappa shape index (κ1) is 18.3. The van der Waals surface area contributed by atoms with Gasteiger partial charge in [0.15, 0.2) is 11.2 Å². The van der Waals surface area contributed by atoms with E-state index in [0.29, 0.717) is 16.7 Å². The molecule has 0 saturated heterocycles. The zero-order chi connectivity index (χ0) is 19.8. The van der Waals surface area contributed by atoms with Crippen LogP contribution >= 0.6 is 15.9 Å². The number of imidazole rings is 1. The summed E-state index contributed by atoms with van der Waals surface area (Å²) in [4.78, 5) is 32.7. The Morgan fingerprint density at radius 1 is 1.18 bits per heavy atom. The van der Waals surface area contributed by atoms with Gasteiger partial charge < -0.3 is 8.98 Å². The maximum Gasteiger partial charge on any atom is 0.437 e. The van der Waals surface area contributed by atoms with Crippen molar-refractivity contribution in [2.45, 2.75) is 19.3 Å². The summed E-state index contributed by atoms with van der Waals surface area (Å²) in [6.07, 6.45) is 1.36. The predicted octanol–water partition coefficient (Wildman–Crippen LogP) is 1.80. The number of benzene rings is 1. The summed E-state index contributed by atoms with van der Waals surface area (Å²) in [5, 5.41) is 4.00. The highest BCUT2D eigenvalue weighted by Gasteiger charge is 2.17. The van der Waals surface area contributed by atoms with Crippen LogP contribution in [-0.2, 0) is 20.1 Å². The van der Waals surface area contributed by atoms with Gasteiger partial charge in [-0.05, 0) is 17.7 Å². The molecule has 0 fully saturated rings. The minimum absolute atomic E-state index is 0.0153. The number of alkyl halides is 1. The molecule has 28 heavy (non-hydrogen) atoms. The van der Waals surface area contributed by atoms with Gasteiger partial charge in [-0.15, -0.1) is 5.10 Å². The van der Waals surface area contributed by atoms with Crippen molar-refractivity contribution >= 4 is 27.1 Å². The third-order valence-electron chi connectivity index (χ3n) is 4.22. The van der Waals surface area contributed by atoms with E-state index in [9.17, 15) is 14.0 Å². The predicted molar refractivity (Wildman–Crippen MR) is 101 cm³/mol. The monoisotopic (exact) mass is 448 g/mol. The average Bonchev–Trinajstić information content (AvgIpc) is 3.21. The van der Waals surface area contributed by atoms with Gasteiger partial charge in [0.25, 0.3) is 5.56 Å². The highest BCUT2D eigenvalue weighted by molar-refractivity contribution is 9.10. The van der Waals surface area contributed by atoms with Crippen LogP contribution < -0.4 is 11.3 Å². The Morgan fingerprint density at radius 2 is 1.89 bits per heavy atom. The van der Waals surface area contributed by atoms with Gasteiger partial charge in [0.05, 0.1) is 12.9 Å². The van der Waals surface area contributed by atoms with Crippen LogP contribution in [0.15, 0.2) is 55.4 Å². The molecule has 0 spiro atoms. The number of aryl methyl sites for hydroxylation is 1. The van der Waals surface area contributed by atoms with Gasteiger partial charge in [0.2, 0.25) is 5.89 Å². The van der Waals surface area contributed by atoms with E-state index in [1.807, 2.05) is 0 Å². The topological polar surface area (TPSA) is 101 Å². The van der Waals surface area contributed by atoms with E-state index in [4.69, 9.17) is 4.42 Å². The maximum atomic E-state index is 14.5. The maximum absolute atomic E-state index is 14.5. The standard InChI is InChI=1S/C17H14BrFN6O3/c1-23-8-20-15-14(23)16(26)24(9-21-15)7-13-22-25(17(27)28-13)6-12(19)10-2-4-11(18)5-3-10/h2-5,8-9,12H,6-7H2,1H3/t12-/m0/s1. The van der Waals surface area contributed by atoms with Crippen LogP contribution in [0.5, 0.6) is 0 Å². The molecule has 0 unspecified atom stereocenters. The summed E-state index contributed by atoms with van der Waals surface area (Å²) >= 11 is 3.29. The van der Waals surface area contributed by atoms with Gasteiger partial charge in [-0.1, -0.05) is 28.1 Å². The van der Waals surface area contributed by atoms with Gasteiger partial charge >= 0.3 is 5.76 Å². The first-order chi connectivity index (χ1) is 13.4. The lowest BCUT2D eigenvalue weighted by Crippen LogP contribution is -2.23. The number of halogens is 2. The average molecular weight is 449 g/mol. The fourth-order valence-corrected chi connectivity index (χ4v) is 3.05. The zero-order valence-corrected chi connectivity index (χ0v) is 16.2. The fourth-order valence-electron chi connectivity index (χ4n) is 2.79. The highest BCUT2D eigenvalue weighted by atomic mass is 79.9. The van der Waals surface area contributed by atoms with E-state index in [1.54, 1.807) is 35.9 Å². The van der Waals surface area contributed by atoms with Crippen LogP contribution in [0.3, 0.4) is 0 Å². The minimum Gasteiger partial charge on any atom is -0.390 e. The smallest absolute Gasteiger partial charge is 0.390 e. The molecule has 3 heterocycles. The molecule has 11 heteroatoms. The van der Waals surface area contributed by atoms with Crippen LogP contribution in [-0.4, -0.2) is 28.9 Å².